The van der Waals surface area contributed by atoms with E-state index in [1.807, 2.05) is 25.7 Å². The molecule has 0 radical (unpaired) electrons. The lowest BCUT2D eigenvalue weighted by atomic mass is 10.0. The molecule has 0 aromatic heterocycles. The fourth-order valence-corrected chi connectivity index (χ4v) is 5.03. The average molecular weight is 495 g/mol. The first-order chi connectivity index (χ1) is 15.7. The van der Waals surface area contributed by atoms with Crippen molar-refractivity contribution >= 4 is 12.1 Å². The summed E-state index contributed by atoms with van der Waals surface area (Å²) in [6.45, 7) is 21.8. The fourth-order valence-electron chi connectivity index (χ4n) is 5.03. The number of rotatable bonds is 2. The molecule has 8 nitrogen and oxygen atoms in total. The van der Waals surface area contributed by atoms with E-state index in [4.69, 9.17) is 14.6 Å². The van der Waals surface area contributed by atoms with Crippen LogP contribution in [0.3, 0.4) is 0 Å². The van der Waals surface area contributed by atoms with Crippen molar-refractivity contribution < 1.29 is 32.6 Å². The third kappa shape index (κ3) is 8.57. The summed E-state index contributed by atoms with van der Waals surface area (Å²) in [6.07, 6.45) is -5.23. The molecule has 4 aliphatic rings. The molecule has 0 saturated carbocycles. The molecule has 4 saturated heterocycles. The molecule has 34 heavy (non-hydrogen) atoms. The van der Waals surface area contributed by atoms with E-state index < -0.39 is 12.1 Å². The average Bonchev–Trinajstić information content (AvgIpc) is 3.45. The van der Waals surface area contributed by atoms with Crippen molar-refractivity contribution in [2.24, 2.45) is 23.7 Å². The standard InChI is InChI=1S/C13H24N2O2.C8H16N2.C2HF3O2/c1-5-14-6-10-8-15(9-11(10)7-14)12(16)17-13(2,3)4;1-2-10-5-7-3-9-4-8(7)6-10;3-2(4,5)1(6)7/h10-11H,5-9H2,1-4H3;7-9H,2-6H2,1H3;(H,6,7)/t10-,11+;7-,8+;. The molecule has 11 heteroatoms. The van der Waals surface area contributed by atoms with Crippen molar-refractivity contribution in [3.8, 4) is 0 Å². The van der Waals surface area contributed by atoms with Crippen LogP contribution < -0.4 is 5.32 Å². The molecule has 4 rings (SSSR count). The van der Waals surface area contributed by atoms with Gasteiger partial charge in [0, 0.05) is 39.3 Å². The minimum Gasteiger partial charge on any atom is -0.475 e. The van der Waals surface area contributed by atoms with Gasteiger partial charge in [-0.1, -0.05) is 13.8 Å². The number of amides is 1. The largest absolute Gasteiger partial charge is 0.490 e. The molecule has 0 aliphatic carbocycles. The van der Waals surface area contributed by atoms with Gasteiger partial charge in [0.05, 0.1) is 0 Å². The van der Waals surface area contributed by atoms with Gasteiger partial charge in [0.2, 0.25) is 0 Å². The zero-order chi connectivity index (χ0) is 25.7. The van der Waals surface area contributed by atoms with Crippen LogP contribution in [-0.2, 0) is 9.53 Å². The number of hydrogen-bond donors (Lipinski definition) is 2. The van der Waals surface area contributed by atoms with E-state index in [1.165, 1.54) is 32.7 Å². The molecule has 0 spiro atoms. The Kier molecular flexibility index (Phi) is 10.0. The van der Waals surface area contributed by atoms with Crippen LogP contribution in [0.5, 0.6) is 0 Å². The van der Waals surface area contributed by atoms with Gasteiger partial charge < -0.3 is 29.9 Å². The minimum atomic E-state index is -5.08. The lowest BCUT2D eigenvalue weighted by molar-refractivity contribution is -0.192. The van der Waals surface area contributed by atoms with Gasteiger partial charge in [0.1, 0.15) is 5.60 Å². The molecule has 0 aromatic carbocycles. The van der Waals surface area contributed by atoms with Gasteiger partial charge in [-0.3, -0.25) is 0 Å². The van der Waals surface area contributed by atoms with Gasteiger partial charge in [-0.25, -0.2) is 9.59 Å². The fraction of sp³-hybridized carbons (Fsp3) is 0.913. The Morgan fingerprint density at radius 2 is 1.24 bits per heavy atom. The van der Waals surface area contributed by atoms with Crippen LogP contribution in [0, 0.1) is 23.7 Å². The quantitative estimate of drug-likeness (QED) is 0.610. The summed E-state index contributed by atoms with van der Waals surface area (Å²) < 4.78 is 37.1. The number of nitrogens with zero attached hydrogens (tertiary/aromatic N) is 3. The van der Waals surface area contributed by atoms with Crippen molar-refractivity contribution in [1.82, 2.24) is 20.0 Å². The molecule has 4 heterocycles. The molecule has 2 N–H and O–H groups in total. The van der Waals surface area contributed by atoms with E-state index >= 15 is 0 Å². The van der Waals surface area contributed by atoms with E-state index in [0.717, 1.165) is 44.6 Å². The monoisotopic (exact) mass is 494 g/mol. The van der Waals surface area contributed by atoms with E-state index in [9.17, 15) is 18.0 Å². The van der Waals surface area contributed by atoms with E-state index in [-0.39, 0.29) is 11.7 Å². The smallest absolute Gasteiger partial charge is 0.475 e. The maximum atomic E-state index is 11.9. The minimum absolute atomic E-state index is 0.144. The number of nitrogens with one attached hydrogen (secondary N) is 1. The van der Waals surface area contributed by atoms with Crippen molar-refractivity contribution in [3.63, 3.8) is 0 Å². The van der Waals surface area contributed by atoms with Crippen molar-refractivity contribution in [1.29, 1.82) is 0 Å². The number of alkyl halides is 3. The number of fused-ring (bicyclic) bond motifs is 2. The molecule has 0 unspecified atom stereocenters. The summed E-state index contributed by atoms with van der Waals surface area (Å²) >= 11 is 0. The number of carboxylic acids is 1. The summed E-state index contributed by atoms with van der Waals surface area (Å²) in [4.78, 5) is 27.8. The topological polar surface area (TPSA) is 85.4 Å². The van der Waals surface area contributed by atoms with Gasteiger partial charge in [-0.15, -0.1) is 0 Å². The van der Waals surface area contributed by atoms with Crippen molar-refractivity contribution in [2.75, 3.05) is 65.4 Å². The highest BCUT2D eigenvalue weighted by molar-refractivity contribution is 5.73. The predicted molar refractivity (Wildman–Crippen MR) is 123 cm³/mol. The third-order valence-electron chi connectivity index (χ3n) is 6.82. The highest BCUT2D eigenvalue weighted by Gasteiger charge is 2.42. The number of halogens is 3. The Morgan fingerprint density at radius 3 is 1.56 bits per heavy atom. The Balaban J connectivity index is 0.000000203. The number of likely N-dealkylation sites (tertiary alicyclic amines) is 3. The summed E-state index contributed by atoms with van der Waals surface area (Å²) in [7, 11) is 0. The first-order valence-electron chi connectivity index (χ1n) is 12.2. The number of carbonyl (C=O) groups is 2. The maximum absolute atomic E-state index is 11.9. The maximum Gasteiger partial charge on any atom is 0.490 e. The van der Waals surface area contributed by atoms with Crippen molar-refractivity contribution in [2.45, 2.75) is 46.4 Å². The van der Waals surface area contributed by atoms with Crippen LogP contribution in [0.15, 0.2) is 0 Å². The molecule has 198 valence electrons. The Hall–Kier alpha value is -1.59. The Labute approximate surface area is 200 Å². The molecule has 4 aliphatic heterocycles. The summed E-state index contributed by atoms with van der Waals surface area (Å²) in [5.74, 6) is 0.498. The third-order valence-corrected chi connectivity index (χ3v) is 6.82. The zero-order valence-electron chi connectivity index (χ0n) is 21.0. The van der Waals surface area contributed by atoms with Crippen LogP contribution in [-0.4, -0.2) is 109 Å². The van der Waals surface area contributed by atoms with Gasteiger partial charge >= 0.3 is 18.2 Å². The molecular formula is C23H41F3N4O4. The normalized spacial score (nSPS) is 29.0. The SMILES string of the molecule is CCN1C[C@@H]2CN(C(=O)OC(C)(C)C)C[C@@H]2C1.CCN1C[C@H]2CNC[C@H]2C1.O=C(O)C(F)(F)F. The number of aliphatic carboxylic acids is 1. The highest BCUT2D eigenvalue weighted by atomic mass is 19.4. The Bertz CT molecular complexity index is 660. The van der Waals surface area contributed by atoms with Gasteiger partial charge in [0.25, 0.3) is 0 Å². The van der Waals surface area contributed by atoms with Crippen LogP contribution >= 0.6 is 0 Å². The number of ether oxygens (including phenoxy) is 1. The lowest BCUT2D eigenvalue weighted by Gasteiger charge is -2.25. The van der Waals surface area contributed by atoms with Gasteiger partial charge in [-0.2, -0.15) is 13.2 Å². The summed E-state index contributed by atoms with van der Waals surface area (Å²) in [5.41, 5.74) is -0.385. The van der Waals surface area contributed by atoms with Gasteiger partial charge in [0.15, 0.2) is 0 Å². The molecule has 0 aromatic rings. The lowest BCUT2D eigenvalue weighted by Crippen LogP contribution is -2.37. The number of hydrogen-bond acceptors (Lipinski definition) is 6. The van der Waals surface area contributed by atoms with E-state index in [2.05, 4.69) is 29.0 Å². The predicted octanol–water partition coefficient (Wildman–Crippen LogP) is 2.60. The molecular weight excluding hydrogens is 453 g/mol. The first kappa shape index (κ1) is 28.6. The molecule has 4 fully saturated rings. The zero-order valence-corrected chi connectivity index (χ0v) is 21.0. The van der Waals surface area contributed by atoms with Crippen molar-refractivity contribution in [3.05, 3.63) is 0 Å². The number of carboxylic acid groups (broad SMARTS) is 1. The first-order valence-corrected chi connectivity index (χ1v) is 12.2. The van der Waals surface area contributed by atoms with E-state index in [1.54, 1.807) is 0 Å². The molecule has 0 bridgehead atoms. The molecule has 1 amide bonds. The Morgan fingerprint density at radius 1 is 0.853 bits per heavy atom. The second-order valence-corrected chi connectivity index (χ2v) is 10.6. The molecule has 4 atom stereocenters. The van der Waals surface area contributed by atoms with Crippen LogP contribution in [0.4, 0.5) is 18.0 Å². The van der Waals surface area contributed by atoms with Crippen LogP contribution in [0.2, 0.25) is 0 Å². The van der Waals surface area contributed by atoms with Gasteiger partial charge in [-0.05, 0) is 70.6 Å². The summed E-state index contributed by atoms with van der Waals surface area (Å²) in [5, 5.41) is 10.6. The summed E-state index contributed by atoms with van der Waals surface area (Å²) in [6, 6.07) is 0. The van der Waals surface area contributed by atoms with E-state index in [0.29, 0.717) is 11.8 Å². The second-order valence-electron chi connectivity index (χ2n) is 10.6. The second kappa shape index (κ2) is 11.9. The highest BCUT2D eigenvalue weighted by Crippen LogP contribution is 2.31. The number of carbonyl (C=O) groups excluding carboxylic acids is 1. The van der Waals surface area contributed by atoms with Crippen LogP contribution in [0.1, 0.15) is 34.6 Å². The van der Waals surface area contributed by atoms with Crippen LogP contribution in [0.25, 0.3) is 0 Å².